The molecule has 0 aliphatic heterocycles. The van der Waals surface area contributed by atoms with Gasteiger partial charge in [-0.2, -0.15) is 0 Å². The van der Waals surface area contributed by atoms with Gasteiger partial charge in [0, 0.05) is 6.04 Å². The molecule has 0 fully saturated rings. The van der Waals surface area contributed by atoms with Gasteiger partial charge in [-0.3, -0.25) is 0 Å². The van der Waals surface area contributed by atoms with E-state index in [0.29, 0.717) is 5.76 Å². The third kappa shape index (κ3) is 1.82. The highest BCUT2D eigenvalue weighted by Gasteiger charge is 2.16. The number of rotatable bonds is 3. The molecule has 0 aliphatic carbocycles. The first-order valence-electron chi connectivity index (χ1n) is 3.64. The summed E-state index contributed by atoms with van der Waals surface area (Å²) in [6.07, 6.45) is 0.996. The van der Waals surface area contributed by atoms with Gasteiger partial charge < -0.3 is 14.8 Å². The van der Waals surface area contributed by atoms with E-state index < -0.39 is 6.10 Å². The highest BCUT2D eigenvalue weighted by Crippen LogP contribution is 2.15. The number of hydrogen-bond donors (Lipinski definition) is 2. The smallest absolute Gasteiger partial charge is 0.133 e. The summed E-state index contributed by atoms with van der Waals surface area (Å²) in [6.45, 7) is 1.90. The van der Waals surface area contributed by atoms with E-state index in [0.717, 1.165) is 0 Å². The van der Waals surface area contributed by atoms with Crippen LogP contribution in [0, 0.1) is 0 Å². The summed E-state index contributed by atoms with van der Waals surface area (Å²) >= 11 is 0. The monoisotopic (exact) mass is 155 g/mol. The minimum absolute atomic E-state index is 0.0150. The molecule has 0 amide bonds. The zero-order valence-corrected chi connectivity index (χ0v) is 6.74. The number of furan rings is 1. The number of aliphatic hydroxyl groups is 1. The molecule has 0 saturated carbocycles. The van der Waals surface area contributed by atoms with E-state index in [9.17, 15) is 5.11 Å². The van der Waals surface area contributed by atoms with Crippen molar-refractivity contribution >= 4 is 0 Å². The third-order valence-electron chi connectivity index (χ3n) is 1.76. The zero-order valence-electron chi connectivity index (χ0n) is 6.74. The molecule has 2 N–H and O–H groups in total. The molecule has 0 unspecified atom stereocenters. The molecule has 0 bridgehead atoms. The van der Waals surface area contributed by atoms with Gasteiger partial charge in [0.2, 0.25) is 0 Å². The fourth-order valence-corrected chi connectivity index (χ4v) is 0.864. The van der Waals surface area contributed by atoms with Crippen LogP contribution >= 0.6 is 0 Å². The Balaban J connectivity index is 2.62. The van der Waals surface area contributed by atoms with E-state index in [1.807, 2.05) is 6.92 Å². The average molecular weight is 155 g/mol. The molecule has 1 aromatic heterocycles. The average Bonchev–Trinajstić information content (AvgIpc) is 2.53. The summed E-state index contributed by atoms with van der Waals surface area (Å²) in [6, 6.07) is 3.54. The lowest BCUT2D eigenvalue weighted by Crippen LogP contribution is -2.28. The van der Waals surface area contributed by atoms with E-state index in [-0.39, 0.29) is 6.04 Å². The van der Waals surface area contributed by atoms with Crippen LogP contribution in [0.4, 0.5) is 0 Å². The van der Waals surface area contributed by atoms with Crippen LogP contribution in [0.5, 0.6) is 0 Å². The van der Waals surface area contributed by atoms with Gasteiger partial charge in [0.1, 0.15) is 11.9 Å². The van der Waals surface area contributed by atoms with Gasteiger partial charge in [0.25, 0.3) is 0 Å². The summed E-state index contributed by atoms with van der Waals surface area (Å²) in [5.74, 6) is 0.604. The normalized spacial score (nSPS) is 16.3. The Bertz CT molecular complexity index is 196. The first-order valence-corrected chi connectivity index (χ1v) is 3.64. The Morgan fingerprint density at radius 1 is 1.64 bits per heavy atom. The van der Waals surface area contributed by atoms with Crippen LogP contribution in [0.1, 0.15) is 18.8 Å². The van der Waals surface area contributed by atoms with Crippen molar-refractivity contribution < 1.29 is 9.52 Å². The summed E-state index contributed by atoms with van der Waals surface area (Å²) in [5.41, 5.74) is 0. The lowest BCUT2D eigenvalue weighted by Gasteiger charge is -2.15. The van der Waals surface area contributed by atoms with Crippen LogP contribution in [-0.4, -0.2) is 18.2 Å². The lowest BCUT2D eigenvalue weighted by molar-refractivity contribution is 0.115. The van der Waals surface area contributed by atoms with Crippen LogP contribution in [-0.2, 0) is 0 Å². The van der Waals surface area contributed by atoms with E-state index >= 15 is 0 Å². The Morgan fingerprint density at radius 3 is 2.82 bits per heavy atom. The fourth-order valence-electron chi connectivity index (χ4n) is 0.864. The molecule has 0 aromatic carbocycles. The third-order valence-corrected chi connectivity index (χ3v) is 1.76. The minimum Gasteiger partial charge on any atom is -0.467 e. The Kier molecular flexibility index (Phi) is 2.68. The van der Waals surface area contributed by atoms with Crippen molar-refractivity contribution in [1.82, 2.24) is 5.32 Å². The van der Waals surface area contributed by atoms with E-state index in [1.54, 1.807) is 25.4 Å². The first kappa shape index (κ1) is 8.30. The standard InChI is InChI=1S/C8H13NO2/c1-6(9-2)8(10)7-4-3-5-11-7/h3-6,8-10H,1-2H3/t6-,8-/m0/s1. The van der Waals surface area contributed by atoms with Crippen LogP contribution in [0.2, 0.25) is 0 Å². The molecule has 0 aliphatic rings. The van der Waals surface area contributed by atoms with Crippen LogP contribution < -0.4 is 5.32 Å². The molecule has 3 nitrogen and oxygen atoms in total. The Morgan fingerprint density at radius 2 is 2.36 bits per heavy atom. The molecule has 0 saturated heterocycles. The topological polar surface area (TPSA) is 45.4 Å². The van der Waals surface area contributed by atoms with Gasteiger partial charge in [0.05, 0.1) is 6.26 Å². The molecular weight excluding hydrogens is 142 g/mol. The maximum Gasteiger partial charge on any atom is 0.133 e. The summed E-state index contributed by atoms with van der Waals surface area (Å²) in [4.78, 5) is 0. The predicted octanol–water partition coefficient (Wildman–Crippen LogP) is 0.921. The van der Waals surface area contributed by atoms with Crippen LogP contribution in [0.3, 0.4) is 0 Å². The Labute approximate surface area is 66.0 Å². The minimum atomic E-state index is -0.560. The maximum absolute atomic E-state index is 9.52. The SMILES string of the molecule is CN[C@@H](C)[C@H](O)c1ccco1. The van der Waals surface area contributed by atoms with E-state index in [1.165, 1.54) is 0 Å². The molecule has 1 heterocycles. The number of nitrogens with one attached hydrogen (secondary N) is 1. The second-order valence-electron chi connectivity index (χ2n) is 2.54. The molecule has 62 valence electrons. The van der Waals surface area contributed by atoms with Gasteiger partial charge >= 0.3 is 0 Å². The highest BCUT2D eigenvalue weighted by atomic mass is 16.4. The quantitative estimate of drug-likeness (QED) is 0.682. The van der Waals surface area contributed by atoms with E-state index in [2.05, 4.69) is 5.32 Å². The number of likely N-dealkylation sites (N-methyl/N-ethyl adjacent to an activating group) is 1. The van der Waals surface area contributed by atoms with Crippen molar-refractivity contribution in [2.24, 2.45) is 0 Å². The summed E-state index contributed by atoms with van der Waals surface area (Å²) < 4.78 is 5.03. The summed E-state index contributed by atoms with van der Waals surface area (Å²) in [7, 11) is 1.80. The van der Waals surface area contributed by atoms with E-state index in [4.69, 9.17) is 4.42 Å². The largest absolute Gasteiger partial charge is 0.467 e. The van der Waals surface area contributed by atoms with Crippen molar-refractivity contribution in [1.29, 1.82) is 0 Å². The molecule has 2 atom stereocenters. The molecule has 0 radical (unpaired) electrons. The zero-order chi connectivity index (χ0) is 8.27. The molecular formula is C8H13NO2. The molecule has 3 heteroatoms. The lowest BCUT2D eigenvalue weighted by atomic mass is 10.1. The van der Waals surface area contributed by atoms with Gasteiger partial charge in [-0.25, -0.2) is 0 Å². The molecule has 0 spiro atoms. The second-order valence-corrected chi connectivity index (χ2v) is 2.54. The van der Waals surface area contributed by atoms with Crippen molar-refractivity contribution in [2.45, 2.75) is 19.1 Å². The highest BCUT2D eigenvalue weighted by molar-refractivity contribution is 5.03. The molecule has 1 rings (SSSR count). The number of hydrogen-bond acceptors (Lipinski definition) is 3. The first-order chi connectivity index (χ1) is 5.25. The van der Waals surface area contributed by atoms with Crippen molar-refractivity contribution in [3.63, 3.8) is 0 Å². The van der Waals surface area contributed by atoms with Crippen LogP contribution in [0.25, 0.3) is 0 Å². The summed E-state index contributed by atoms with van der Waals surface area (Å²) in [5, 5.41) is 12.5. The Hall–Kier alpha value is -0.800. The van der Waals surface area contributed by atoms with Gasteiger partial charge in [-0.05, 0) is 26.1 Å². The van der Waals surface area contributed by atoms with Crippen LogP contribution in [0.15, 0.2) is 22.8 Å². The van der Waals surface area contributed by atoms with Gasteiger partial charge in [-0.1, -0.05) is 0 Å². The second kappa shape index (κ2) is 3.55. The van der Waals surface area contributed by atoms with Crippen molar-refractivity contribution in [3.05, 3.63) is 24.2 Å². The van der Waals surface area contributed by atoms with Gasteiger partial charge in [-0.15, -0.1) is 0 Å². The van der Waals surface area contributed by atoms with Gasteiger partial charge in [0.15, 0.2) is 0 Å². The molecule has 11 heavy (non-hydrogen) atoms. The maximum atomic E-state index is 9.52. The number of aliphatic hydroxyl groups excluding tert-OH is 1. The predicted molar refractivity (Wildman–Crippen MR) is 42.2 cm³/mol. The van der Waals surface area contributed by atoms with Crippen molar-refractivity contribution in [3.8, 4) is 0 Å². The molecule has 1 aromatic rings. The fraction of sp³-hybridized carbons (Fsp3) is 0.500. The van der Waals surface area contributed by atoms with Crippen molar-refractivity contribution in [2.75, 3.05) is 7.05 Å².